The van der Waals surface area contributed by atoms with Crippen molar-refractivity contribution in [1.29, 1.82) is 0 Å². The Labute approximate surface area is 181 Å². The molecular weight excluding hydrogens is 404 g/mol. The molecule has 0 radical (unpaired) electrons. The van der Waals surface area contributed by atoms with Crippen molar-refractivity contribution >= 4 is 29.4 Å². The first-order valence-corrected chi connectivity index (χ1v) is 9.99. The van der Waals surface area contributed by atoms with E-state index in [0.29, 0.717) is 10.6 Å². The summed E-state index contributed by atoms with van der Waals surface area (Å²) in [5, 5.41) is 6.12. The van der Waals surface area contributed by atoms with E-state index >= 15 is 0 Å². The highest BCUT2D eigenvalue weighted by Crippen LogP contribution is 2.28. The van der Waals surface area contributed by atoms with Crippen molar-refractivity contribution in [3.63, 3.8) is 0 Å². The number of urea groups is 1. The molecule has 0 bridgehead atoms. The Morgan fingerprint density at radius 2 is 1.77 bits per heavy atom. The maximum absolute atomic E-state index is 12.9. The summed E-state index contributed by atoms with van der Waals surface area (Å²) in [5.74, 6) is -0.876. The van der Waals surface area contributed by atoms with Gasteiger partial charge in [0.05, 0.1) is 6.04 Å². The van der Waals surface area contributed by atoms with Crippen molar-refractivity contribution in [3.05, 3.63) is 70.7 Å². The van der Waals surface area contributed by atoms with Crippen LogP contribution < -0.4 is 10.6 Å². The molecule has 0 aliphatic carbocycles. The molecule has 0 spiro atoms. The summed E-state index contributed by atoms with van der Waals surface area (Å²) in [5.41, 5.74) is 0.358. The predicted octanol–water partition coefficient (Wildman–Crippen LogP) is 2.53. The topological polar surface area (TPSA) is 81.8 Å². The molecule has 2 unspecified atom stereocenters. The lowest BCUT2D eigenvalue weighted by molar-refractivity contribution is -0.134. The van der Waals surface area contributed by atoms with Gasteiger partial charge in [0.15, 0.2) is 0 Å². The van der Waals surface area contributed by atoms with Crippen molar-refractivity contribution in [2.24, 2.45) is 0 Å². The second kappa shape index (κ2) is 8.85. The summed E-state index contributed by atoms with van der Waals surface area (Å²) in [6.45, 7) is 1.57. The molecule has 2 aromatic carbocycles. The van der Waals surface area contributed by atoms with Crippen molar-refractivity contribution in [1.82, 2.24) is 20.4 Å². The number of likely N-dealkylation sites (N-methyl/N-ethyl adjacent to an activating group) is 1. The van der Waals surface area contributed by atoms with Crippen LogP contribution in [0, 0.1) is 0 Å². The molecule has 1 heterocycles. The Kier molecular flexibility index (Phi) is 6.43. The average Bonchev–Trinajstić information content (AvgIpc) is 2.94. The molecule has 2 atom stereocenters. The quantitative estimate of drug-likeness (QED) is 0.664. The number of benzene rings is 2. The van der Waals surface area contributed by atoms with Crippen LogP contribution in [0.25, 0.3) is 0 Å². The normalized spacial score (nSPS) is 19.7. The molecule has 1 fully saturated rings. The Morgan fingerprint density at radius 1 is 1.13 bits per heavy atom. The van der Waals surface area contributed by atoms with Crippen LogP contribution in [0.3, 0.4) is 0 Å². The Bertz CT molecular complexity index is 950. The minimum atomic E-state index is -1.19. The summed E-state index contributed by atoms with van der Waals surface area (Å²) in [6.07, 6.45) is 0. The smallest absolute Gasteiger partial charge is 0.325 e. The first-order valence-electron chi connectivity index (χ1n) is 9.61. The number of carbonyl (C=O) groups excluding carboxylic acids is 3. The van der Waals surface area contributed by atoms with Gasteiger partial charge in [0.1, 0.15) is 12.1 Å². The summed E-state index contributed by atoms with van der Waals surface area (Å²) in [4.78, 5) is 40.8. The van der Waals surface area contributed by atoms with Gasteiger partial charge in [0.25, 0.3) is 5.91 Å². The van der Waals surface area contributed by atoms with Crippen molar-refractivity contribution in [2.75, 3.05) is 27.2 Å². The zero-order chi connectivity index (χ0) is 21.9. The summed E-state index contributed by atoms with van der Waals surface area (Å²) in [7, 11) is 3.78. The van der Waals surface area contributed by atoms with E-state index < -0.39 is 23.4 Å². The fraction of sp³-hybridized carbons (Fsp3) is 0.318. The molecule has 1 saturated heterocycles. The van der Waals surface area contributed by atoms with Gasteiger partial charge < -0.3 is 15.5 Å². The third kappa shape index (κ3) is 4.32. The standard InChI is InChI=1S/C22H25ClN4O3/c1-22(15-9-5-4-6-10-15)20(29)27(21(30)25-22)14-19(28)24-13-18(26(2)3)16-11-7-8-12-17(16)23/h4-12,18H,13-14H2,1-3H3,(H,24,28)(H,25,30). The Hall–Kier alpha value is -2.90. The van der Waals surface area contributed by atoms with Crippen LogP contribution in [0.15, 0.2) is 54.6 Å². The lowest BCUT2D eigenvalue weighted by atomic mass is 9.92. The maximum atomic E-state index is 12.9. The third-order valence-electron chi connectivity index (χ3n) is 5.31. The van der Waals surface area contributed by atoms with Crippen molar-refractivity contribution < 1.29 is 14.4 Å². The lowest BCUT2D eigenvalue weighted by Gasteiger charge is -2.26. The molecule has 2 N–H and O–H groups in total. The van der Waals surface area contributed by atoms with Crippen LogP contribution >= 0.6 is 11.6 Å². The predicted molar refractivity (Wildman–Crippen MR) is 115 cm³/mol. The first-order chi connectivity index (χ1) is 14.2. The zero-order valence-corrected chi connectivity index (χ0v) is 17.9. The minimum absolute atomic E-state index is 0.152. The van der Waals surface area contributed by atoms with E-state index in [2.05, 4.69) is 10.6 Å². The zero-order valence-electron chi connectivity index (χ0n) is 17.2. The van der Waals surface area contributed by atoms with Gasteiger partial charge in [-0.15, -0.1) is 0 Å². The molecule has 8 heteroatoms. The van der Waals surface area contributed by atoms with Crippen molar-refractivity contribution in [3.8, 4) is 0 Å². The number of hydrogen-bond donors (Lipinski definition) is 2. The van der Waals surface area contributed by atoms with Gasteiger partial charge in [-0.1, -0.05) is 60.1 Å². The average molecular weight is 429 g/mol. The monoisotopic (exact) mass is 428 g/mol. The van der Waals surface area contributed by atoms with E-state index in [-0.39, 0.29) is 19.1 Å². The molecular formula is C22H25ClN4O3. The SMILES string of the molecule is CN(C)C(CNC(=O)CN1C(=O)NC(C)(c2ccccc2)C1=O)c1ccccc1Cl. The molecule has 30 heavy (non-hydrogen) atoms. The molecule has 7 nitrogen and oxygen atoms in total. The van der Waals surface area contributed by atoms with E-state index in [4.69, 9.17) is 11.6 Å². The summed E-state index contributed by atoms with van der Waals surface area (Å²) < 4.78 is 0. The molecule has 2 aromatic rings. The Morgan fingerprint density at radius 3 is 2.40 bits per heavy atom. The second-order valence-corrected chi connectivity index (χ2v) is 8.02. The van der Waals surface area contributed by atoms with Gasteiger partial charge in [-0.25, -0.2) is 4.79 Å². The lowest BCUT2D eigenvalue weighted by Crippen LogP contribution is -2.44. The number of imide groups is 1. The van der Waals surface area contributed by atoms with Crippen LogP contribution in [0.1, 0.15) is 24.1 Å². The number of amides is 4. The second-order valence-electron chi connectivity index (χ2n) is 7.62. The van der Waals surface area contributed by atoms with Gasteiger partial charge in [-0.3, -0.25) is 14.5 Å². The van der Waals surface area contributed by atoms with Gasteiger partial charge in [0, 0.05) is 11.6 Å². The number of nitrogens with one attached hydrogen (secondary N) is 2. The molecule has 1 aliphatic heterocycles. The molecule has 1 aliphatic rings. The van der Waals surface area contributed by atoms with E-state index in [1.54, 1.807) is 37.3 Å². The van der Waals surface area contributed by atoms with Crippen LogP contribution in [0.4, 0.5) is 4.79 Å². The van der Waals surface area contributed by atoms with E-state index in [9.17, 15) is 14.4 Å². The summed E-state index contributed by atoms with van der Waals surface area (Å²) in [6, 6.07) is 15.7. The van der Waals surface area contributed by atoms with Gasteiger partial charge in [0.2, 0.25) is 5.91 Å². The molecule has 0 aromatic heterocycles. The van der Waals surface area contributed by atoms with Crippen LogP contribution in [0.5, 0.6) is 0 Å². The molecule has 3 rings (SSSR count). The largest absolute Gasteiger partial charge is 0.353 e. The maximum Gasteiger partial charge on any atom is 0.325 e. The highest BCUT2D eigenvalue weighted by molar-refractivity contribution is 6.31. The van der Waals surface area contributed by atoms with Crippen molar-refractivity contribution in [2.45, 2.75) is 18.5 Å². The van der Waals surface area contributed by atoms with Crippen LogP contribution in [-0.4, -0.2) is 54.8 Å². The van der Waals surface area contributed by atoms with Crippen LogP contribution in [-0.2, 0) is 15.1 Å². The molecule has 4 amide bonds. The van der Waals surface area contributed by atoms with E-state index in [0.717, 1.165) is 10.5 Å². The molecule has 158 valence electrons. The van der Waals surface area contributed by atoms with Crippen LogP contribution in [0.2, 0.25) is 5.02 Å². The summed E-state index contributed by atoms with van der Waals surface area (Å²) >= 11 is 6.30. The van der Waals surface area contributed by atoms with E-state index in [1.807, 2.05) is 43.3 Å². The fourth-order valence-electron chi connectivity index (χ4n) is 3.53. The first kappa shape index (κ1) is 21.8. The number of halogens is 1. The number of carbonyl (C=O) groups is 3. The molecule has 0 saturated carbocycles. The van der Waals surface area contributed by atoms with Gasteiger partial charge in [-0.2, -0.15) is 0 Å². The Balaban J connectivity index is 1.66. The number of nitrogens with zero attached hydrogens (tertiary/aromatic N) is 2. The third-order valence-corrected chi connectivity index (χ3v) is 5.65. The fourth-order valence-corrected chi connectivity index (χ4v) is 3.80. The van der Waals surface area contributed by atoms with Gasteiger partial charge >= 0.3 is 6.03 Å². The highest BCUT2D eigenvalue weighted by Gasteiger charge is 2.49. The number of rotatable bonds is 7. The van der Waals surface area contributed by atoms with Gasteiger partial charge in [-0.05, 0) is 38.2 Å². The van der Waals surface area contributed by atoms with E-state index in [1.165, 1.54) is 0 Å². The highest BCUT2D eigenvalue weighted by atomic mass is 35.5. The minimum Gasteiger partial charge on any atom is -0.353 e. The number of hydrogen-bond acceptors (Lipinski definition) is 4.